The number of methoxy groups -OCH3 is 1. The molecule has 2 heterocycles. The summed E-state index contributed by atoms with van der Waals surface area (Å²) in [6.07, 6.45) is 6.27. The van der Waals surface area contributed by atoms with E-state index in [4.69, 9.17) is 9.73 Å². The second-order valence-corrected chi connectivity index (χ2v) is 6.66. The zero-order valence-electron chi connectivity index (χ0n) is 15.8. The number of amidine groups is 1. The van der Waals surface area contributed by atoms with Gasteiger partial charge in [-0.1, -0.05) is 18.2 Å². The average molecular weight is 375 g/mol. The summed E-state index contributed by atoms with van der Waals surface area (Å²) in [5.74, 6) is 1.12. The number of allylic oxidation sites excluding steroid dienone is 2. The number of anilines is 1. The minimum Gasteiger partial charge on any atom is -0.504 e. The molecule has 2 aromatic rings. The molecule has 1 N–H and O–H groups in total. The number of nitrogens with zero attached hydrogens (tertiary/aromatic N) is 3. The van der Waals surface area contributed by atoms with Crippen molar-refractivity contribution in [2.45, 2.75) is 6.42 Å². The Balaban J connectivity index is 1.62. The van der Waals surface area contributed by atoms with Crippen molar-refractivity contribution < 1.29 is 14.6 Å². The summed E-state index contributed by atoms with van der Waals surface area (Å²) in [6.45, 7) is 0.623. The number of fused-ring (bicyclic) bond motifs is 2. The first-order valence-electron chi connectivity index (χ1n) is 9.05. The largest absolute Gasteiger partial charge is 0.504 e. The van der Waals surface area contributed by atoms with E-state index in [1.165, 1.54) is 7.11 Å². The smallest absolute Gasteiger partial charge is 0.261 e. The molecule has 142 valence electrons. The van der Waals surface area contributed by atoms with Gasteiger partial charge in [-0.2, -0.15) is 0 Å². The number of ether oxygens (including phenoxy) is 1. The number of phenols is 1. The zero-order valence-corrected chi connectivity index (χ0v) is 15.8. The Bertz CT molecular complexity index is 1020. The summed E-state index contributed by atoms with van der Waals surface area (Å²) in [4.78, 5) is 21.4. The molecule has 0 spiro atoms. The zero-order chi connectivity index (χ0) is 19.7. The molecule has 0 aliphatic carbocycles. The predicted octanol–water partition coefficient (Wildman–Crippen LogP) is 3.41. The molecule has 0 atom stereocenters. The predicted molar refractivity (Wildman–Crippen MR) is 109 cm³/mol. The lowest BCUT2D eigenvalue weighted by molar-refractivity contribution is -0.114. The lowest BCUT2D eigenvalue weighted by Crippen LogP contribution is -2.37. The van der Waals surface area contributed by atoms with Gasteiger partial charge in [-0.05, 0) is 48.4 Å². The van der Waals surface area contributed by atoms with Crippen molar-refractivity contribution in [3.63, 3.8) is 0 Å². The van der Waals surface area contributed by atoms with E-state index in [1.54, 1.807) is 30.2 Å². The van der Waals surface area contributed by atoms with Crippen molar-refractivity contribution in [1.82, 2.24) is 4.90 Å². The van der Waals surface area contributed by atoms with Gasteiger partial charge < -0.3 is 19.6 Å². The van der Waals surface area contributed by atoms with Crippen LogP contribution in [0, 0.1) is 0 Å². The number of carbonyl (C=O) groups is 1. The topological polar surface area (TPSA) is 65.4 Å². The Hall–Kier alpha value is -3.54. The highest BCUT2D eigenvalue weighted by molar-refractivity contribution is 6.28. The number of aromatic hydroxyl groups is 1. The first kappa shape index (κ1) is 17.9. The number of amides is 1. The number of hydrogen-bond donors (Lipinski definition) is 1. The molecule has 1 amide bonds. The van der Waals surface area contributed by atoms with Crippen molar-refractivity contribution in [2.75, 3.05) is 25.6 Å². The minimum atomic E-state index is -0.0832. The normalized spacial score (nSPS) is 15.4. The van der Waals surface area contributed by atoms with Gasteiger partial charge in [0.25, 0.3) is 5.91 Å². The number of carbonyl (C=O) groups excluding carboxylic acids is 1. The van der Waals surface area contributed by atoms with Gasteiger partial charge in [0, 0.05) is 19.8 Å². The van der Waals surface area contributed by atoms with E-state index in [9.17, 15) is 9.90 Å². The summed E-state index contributed by atoms with van der Waals surface area (Å²) < 4.78 is 5.09. The van der Waals surface area contributed by atoms with Gasteiger partial charge in [-0.25, -0.2) is 4.99 Å². The third kappa shape index (κ3) is 3.13. The second kappa shape index (κ2) is 7.23. The molecule has 4 rings (SSSR count). The van der Waals surface area contributed by atoms with Crippen LogP contribution in [0.15, 0.2) is 71.4 Å². The molecule has 0 aromatic heterocycles. The van der Waals surface area contributed by atoms with E-state index in [1.807, 2.05) is 47.5 Å². The number of hydrogen-bond acceptors (Lipinski definition) is 5. The molecule has 6 nitrogen and oxygen atoms in total. The van der Waals surface area contributed by atoms with E-state index >= 15 is 0 Å². The van der Waals surface area contributed by atoms with Crippen molar-refractivity contribution in [2.24, 2.45) is 4.99 Å². The van der Waals surface area contributed by atoms with E-state index in [0.29, 0.717) is 30.1 Å². The fraction of sp³-hybridized carbons (Fsp3) is 0.182. The Morgan fingerprint density at radius 2 is 2.00 bits per heavy atom. The van der Waals surface area contributed by atoms with Crippen molar-refractivity contribution >= 4 is 23.1 Å². The third-order valence-electron chi connectivity index (χ3n) is 4.93. The molecule has 0 saturated heterocycles. The fourth-order valence-corrected chi connectivity index (χ4v) is 3.40. The van der Waals surface area contributed by atoms with Crippen LogP contribution in [0.4, 0.5) is 11.4 Å². The van der Waals surface area contributed by atoms with Gasteiger partial charge >= 0.3 is 0 Å². The molecule has 0 unspecified atom stereocenters. The maximum atomic E-state index is 12.9. The van der Waals surface area contributed by atoms with E-state index in [-0.39, 0.29) is 11.7 Å². The Kier molecular flexibility index (Phi) is 4.61. The first-order valence-corrected chi connectivity index (χ1v) is 9.05. The summed E-state index contributed by atoms with van der Waals surface area (Å²) in [6, 6.07) is 13.0. The van der Waals surface area contributed by atoms with Crippen LogP contribution < -0.4 is 9.64 Å². The Morgan fingerprint density at radius 3 is 2.79 bits per heavy atom. The summed E-state index contributed by atoms with van der Waals surface area (Å²) >= 11 is 0. The number of phenolic OH excluding ortho intramolecular Hbond substituents is 1. The molecule has 2 aromatic carbocycles. The van der Waals surface area contributed by atoms with Crippen LogP contribution in [0.1, 0.15) is 5.56 Å². The van der Waals surface area contributed by atoms with Gasteiger partial charge in [0.1, 0.15) is 5.84 Å². The molecule has 2 aliphatic heterocycles. The van der Waals surface area contributed by atoms with Crippen molar-refractivity contribution in [3.8, 4) is 11.5 Å². The van der Waals surface area contributed by atoms with Crippen LogP contribution in [0.25, 0.3) is 0 Å². The highest BCUT2D eigenvalue weighted by Gasteiger charge is 2.29. The van der Waals surface area contributed by atoms with Crippen LogP contribution in [0.3, 0.4) is 0 Å². The minimum absolute atomic E-state index is 0.0832. The monoisotopic (exact) mass is 375 g/mol. The highest BCUT2D eigenvalue weighted by Crippen LogP contribution is 2.34. The van der Waals surface area contributed by atoms with Crippen molar-refractivity contribution in [1.29, 1.82) is 0 Å². The third-order valence-corrected chi connectivity index (χ3v) is 4.93. The quantitative estimate of drug-likeness (QED) is 0.889. The highest BCUT2D eigenvalue weighted by atomic mass is 16.5. The van der Waals surface area contributed by atoms with E-state index in [0.717, 1.165) is 16.9 Å². The second-order valence-electron chi connectivity index (χ2n) is 6.66. The van der Waals surface area contributed by atoms with Gasteiger partial charge in [0.2, 0.25) is 0 Å². The number of aliphatic imine (C=N–C) groups is 1. The summed E-state index contributed by atoms with van der Waals surface area (Å²) in [5.41, 5.74) is 3.09. The summed E-state index contributed by atoms with van der Waals surface area (Å²) in [5, 5.41) is 9.99. The van der Waals surface area contributed by atoms with Crippen LogP contribution in [0.2, 0.25) is 0 Å². The molecule has 2 aliphatic rings. The Labute approximate surface area is 163 Å². The molecule has 6 heteroatoms. The number of benzene rings is 2. The van der Waals surface area contributed by atoms with Gasteiger partial charge in [-0.15, -0.1) is 0 Å². The van der Waals surface area contributed by atoms with E-state index < -0.39 is 0 Å². The van der Waals surface area contributed by atoms with E-state index in [2.05, 4.69) is 0 Å². The fourth-order valence-electron chi connectivity index (χ4n) is 3.40. The standard InChI is InChI=1S/C22H21N3O3/c1-24-18-8-4-3-7-17(18)23-21-16(22(24)27)6-5-12-25(21)13-11-15-9-10-20(28-2)19(26)14-15/h3-10,12,14,26H,11,13H2,1-2H3. The first-order chi connectivity index (χ1) is 13.6. The molecule has 0 radical (unpaired) electrons. The maximum absolute atomic E-state index is 12.9. The van der Waals surface area contributed by atoms with Crippen LogP contribution >= 0.6 is 0 Å². The lowest BCUT2D eigenvalue weighted by atomic mass is 10.1. The Morgan fingerprint density at radius 1 is 1.18 bits per heavy atom. The lowest BCUT2D eigenvalue weighted by Gasteiger charge is -2.26. The van der Waals surface area contributed by atoms with Gasteiger partial charge in [0.05, 0.1) is 24.1 Å². The molecule has 0 bridgehead atoms. The summed E-state index contributed by atoms with van der Waals surface area (Å²) in [7, 11) is 3.29. The molecular weight excluding hydrogens is 354 g/mol. The molecule has 0 saturated carbocycles. The van der Waals surface area contributed by atoms with Crippen LogP contribution in [-0.4, -0.2) is 42.5 Å². The van der Waals surface area contributed by atoms with Crippen molar-refractivity contribution in [3.05, 3.63) is 72.0 Å². The number of rotatable bonds is 4. The number of likely N-dealkylation sites (N-methyl/N-ethyl adjacent to an activating group) is 1. The van der Waals surface area contributed by atoms with Gasteiger partial charge in [-0.3, -0.25) is 4.79 Å². The van der Waals surface area contributed by atoms with Crippen LogP contribution in [0.5, 0.6) is 11.5 Å². The van der Waals surface area contributed by atoms with Crippen LogP contribution in [-0.2, 0) is 11.2 Å². The maximum Gasteiger partial charge on any atom is 0.261 e. The number of para-hydroxylation sites is 2. The SMILES string of the molecule is COc1ccc(CCN2C=CC=C3C(=O)N(C)c4ccccc4N=C32)cc1O. The molecule has 28 heavy (non-hydrogen) atoms. The average Bonchev–Trinajstić information content (AvgIpc) is 2.82. The molecule has 0 fully saturated rings. The molecular formula is C22H21N3O3. The van der Waals surface area contributed by atoms with Gasteiger partial charge in [0.15, 0.2) is 11.5 Å².